The standard InChI is InChI=1S/C13H10F4N2O4/c14-7-4-9-8(10(20)5-7)3-6(1-2-18)11(21)19(9)23-12(22)13(15,16)17/h3-5,20H,1-2,18H2. The van der Waals surface area contributed by atoms with Gasteiger partial charge in [-0.05, 0) is 19.0 Å². The Balaban J connectivity index is 2.75. The average Bonchev–Trinajstić information content (AvgIpc) is 2.43. The number of hydrogen-bond acceptors (Lipinski definition) is 5. The van der Waals surface area contributed by atoms with Crippen molar-refractivity contribution >= 4 is 16.9 Å². The third-order valence-corrected chi connectivity index (χ3v) is 2.92. The number of phenolic OH excluding ortho intramolecular Hbond substituents is 1. The molecule has 2 rings (SSSR count). The Morgan fingerprint density at radius 2 is 1.96 bits per heavy atom. The van der Waals surface area contributed by atoms with Gasteiger partial charge in [0.2, 0.25) is 0 Å². The fourth-order valence-electron chi connectivity index (χ4n) is 1.94. The number of phenols is 1. The molecule has 0 fully saturated rings. The summed E-state index contributed by atoms with van der Waals surface area (Å²) in [6.45, 7) is -0.0179. The molecule has 0 unspecified atom stereocenters. The number of nitrogens with two attached hydrogens (primary N) is 1. The van der Waals surface area contributed by atoms with Crippen LogP contribution in [0.15, 0.2) is 23.0 Å². The predicted octanol–water partition coefficient (Wildman–Crippen LogP) is 0.865. The predicted molar refractivity (Wildman–Crippen MR) is 70.2 cm³/mol. The first kappa shape index (κ1) is 16.7. The maximum absolute atomic E-state index is 13.4. The number of hydrogen-bond donors (Lipinski definition) is 2. The monoisotopic (exact) mass is 334 g/mol. The smallest absolute Gasteiger partial charge is 0.493 e. The Morgan fingerprint density at radius 3 is 2.52 bits per heavy atom. The lowest BCUT2D eigenvalue weighted by atomic mass is 10.1. The van der Waals surface area contributed by atoms with Crippen LogP contribution >= 0.6 is 0 Å². The Bertz CT molecular complexity index is 829. The molecule has 0 atom stereocenters. The van der Waals surface area contributed by atoms with Crippen molar-refractivity contribution in [3.63, 3.8) is 0 Å². The fourth-order valence-corrected chi connectivity index (χ4v) is 1.94. The number of alkyl halides is 3. The van der Waals surface area contributed by atoms with Crippen molar-refractivity contribution in [3.8, 4) is 5.75 Å². The van der Waals surface area contributed by atoms with Crippen LogP contribution in [0.1, 0.15) is 5.56 Å². The summed E-state index contributed by atoms with van der Waals surface area (Å²) in [5.74, 6) is -4.32. The number of benzene rings is 1. The van der Waals surface area contributed by atoms with Crippen molar-refractivity contribution in [1.29, 1.82) is 0 Å². The fraction of sp³-hybridized carbons (Fsp3) is 0.231. The summed E-state index contributed by atoms with van der Waals surface area (Å²) in [7, 11) is 0. The minimum absolute atomic E-state index is 0.00104. The maximum Gasteiger partial charge on any atom is 0.493 e. The van der Waals surface area contributed by atoms with Gasteiger partial charge in [0.15, 0.2) is 0 Å². The van der Waals surface area contributed by atoms with Gasteiger partial charge in [0.1, 0.15) is 11.6 Å². The van der Waals surface area contributed by atoms with Crippen LogP contribution in [0.25, 0.3) is 10.9 Å². The molecule has 0 aliphatic carbocycles. The van der Waals surface area contributed by atoms with Gasteiger partial charge in [0, 0.05) is 23.1 Å². The highest BCUT2D eigenvalue weighted by atomic mass is 19.4. The van der Waals surface area contributed by atoms with E-state index < -0.39 is 34.8 Å². The Hall–Kier alpha value is -2.62. The zero-order valence-electron chi connectivity index (χ0n) is 11.4. The molecule has 6 nitrogen and oxygen atoms in total. The Kier molecular flexibility index (Phi) is 4.28. The molecular weight excluding hydrogens is 324 g/mol. The summed E-state index contributed by atoms with van der Waals surface area (Å²) in [4.78, 5) is 27.1. The van der Waals surface area contributed by atoms with E-state index in [4.69, 9.17) is 5.73 Å². The minimum atomic E-state index is -5.36. The van der Waals surface area contributed by atoms with Gasteiger partial charge in [0.05, 0.1) is 5.52 Å². The van der Waals surface area contributed by atoms with E-state index in [1.54, 1.807) is 0 Å². The highest BCUT2D eigenvalue weighted by Crippen LogP contribution is 2.26. The minimum Gasteiger partial charge on any atom is -0.507 e. The van der Waals surface area contributed by atoms with Crippen molar-refractivity contribution in [3.05, 3.63) is 39.9 Å². The number of nitrogens with zero attached hydrogens (tertiary/aromatic N) is 1. The molecule has 0 amide bonds. The van der Waals surface area contributed by atoms with Gasteiger partial charge in [-0.1, -0.05) is 0 Å². The molecule has 23 heavy (non-hydrogen) atoms. The lowest BCUT2D eigenvalue weighted by Gasteiger charge is -2.14. The topological polar surface area (TPSA) is 94.5 Å². The number of aromatic hydroxyl groups is 1. The number of carbonyl (C=O) groups excluding carboxylic acids is 1. The van der Waals surface area contributed by atoms with E-state index >= 15 is 0 Å². The lowest BCUT2D eigenvalue weighted by Crippen LogP contribution is -2.39. The van der Waals surface area contributed by atoms with Gasteiger partial charge < -0.3 is 15.7 Å². The van der Waals surface area contributed by atoms with E-state index in [1.165, 1.54) is 0 Å². The number of pyridine rings is 1. The van der Waals surface area contributed by atoms with Crippen LogP contribution in [0.5, 0.6) is 5.75 Å². The zero-order chi connectivity index (χ0) is 17.4. The van der Waals surface area contributed by atoms with Crippen molar-refractivity contribution in [2.45, 2.75) is 12.6 Å². The highest BCUT2D eigenvalue weighted by Gasteiger charge is 2.42. The van der Waals surface area contributed by atoms with Gasteiger partial charge in [-0.2, -0.15) is 13.2 Å². The molecule has 1 aromatic carbocycles. The molecule has 1 aromatic heterocycles. The van der Waals surface area contributed by atoms with E-state index in [0.29, 0.717) is 12.1 Å². The van der Waals surface area contributed by atoms with Crippen molar-refractivity contribution in [1.82, 2.24) is 4.73 Å². The molecule has 3 N–H and O–H groups in total. The normalized spacial score (nSPS) is 11.7. The van der Waals surface area contributed by atoms with Gasteiger partial charge in [-0.25, -0.2) is 9.18 Å². The molecule has 0 radical (unpaired) electrons. The summed E-state index contributed by atoms with van der Waals surface area (Å²) in [5, 5.41) is 9.54. The third kappa shape index (κ3) is 3.26. The number of halogens is 4. The van der Waals surface area contributed by atoms with Gasteiger partial charge in [-0.15, -0.1) is 4.73 Å². The molecule has 0 spiro atoms. The van der Waals surface area contributed by atoms with Gasteiger partial charge in [-0.3, -0.25) is 4.79 Å². The Labute approximate surface area is 125 Å². The average molecular weight is 334 g/mol. The summed E-state index contributed by atoms with van der Waals surface area (Å²) in [5.41, 5.74) is 3.57. The van der Waals surface area contributed by atoms with Crippen LogP contribution in [0.4, 0.5) is 17.6 Å². The third-order valence-electron chi connectivity index (χ3n) is 2.92. The molecule has 0 bridgehead atoms. The van der Waals surface area contributed by atoms with E-state index in [-0.39, 0.29) is 28.6 Å². The number of rotatable bonds is 3. The summed E-state index contributed by atoms with van der Waals surface area (Å²) >= 11 is 0. The number of carbonyl (C=O) groups is 1. The van der Waals surface area contributed by atoms with Crippen LogP contribution in [-0.2, 0) is 11.2 Å². The van der Waals surface area contributed by atoms with Crippen molar-refractivity contribution in [2.24, 2.45) is 5.73 Å². The molecule has 0 saturated heterocycles. The number of aromatic nitrogens is 1. The van der Waals surface area contributed by atoms with Crippen LogP contribution in [0.3, 0.4) is 0 Å². The van der Waals surface area contributed by atoms with Crippen LogP contribution in [0.2, 0.25) is 0 Å². The number of fused-ring (bicyclic) bond motifs is 1. The van der Waals surface area contributed by atoms with Crippen LogP contribution in [0, 0.1) is 5.82 Å². The first-order valence-corrected chi connectivity index (χ1v) is 6.22. The van der Waals surface area contributed by atoms with Gasteiger partial charge in [0.25, 0.3) is 5.56 Å². The molecule has 2 aromatic rings. The summed E-state index contributed by atoms with van der Waals surface area (Å²) in [6, 6.07) is 2.51. The van der Waals surface area contributed by atoms with Crippen molar-refractivity contribution in [2.75, 3.05) is 6.54 Å². The second kappa shape index (κ2) is 5.88. The van der Waals surface area contributed by atoms with Crippen molar-refractivity contribution < 1.29 is 32.3 Å². The highest BCUT2D eigenvalue weighted by molar-refractivity contribution is 5.86. The van der Waals surface area contributed by atoms with Crippen LogP contribution < -0.4 is 16.1 Å². The molecule has 10 heteroatoms. The Morgan fingerprint density at radius 1 is 1.30 bits per heavy atom. The van der Waals surface area contributed by atoms with E-state index in [9.17, 15) is 32.3 Å². The molecule has 124 valence electrons. The molecule has 0 aliphatic heterocycles. The summed E-state index contributed by atoms with van der Waals surface area (Å²) in [6.07, 6.45) is -5.40. The lowest BCUT2D eigenvalue weighted by molar-refractivity contribution is -0.199. The van der Waals surface area contributed by atoms with Gasteiger partial charge >= 0.3 is 12.1 Å². The first-order valence-electron chi connectivity index (χ1n) is 6.22. The molecular formula is C13H10F4N2O4. The second-order valence-electron chi connectivity index (χ2n) is 4.54. The molecule has 0 saturated carbocycles. The van der Waals surface area contributed by atoms with E-state index in [0.717, 1.165) is 6.07 Å². The van der Waals surface area contributed by atoms with E-state index in [2.05, 4.69) is 4.84 Å². The SMILES string of the molecule is NCCc1cc2c(O)cc(F)cc2n(OC(=O)C(F)(F)F)c1=O. The zero-order valence-corrected chi connectivity index (χ0v) is 11.4. The van der Waals surface area contributed by atoms with Crippen LogP contribution in [-0.4, -0.2) is 28.5 Å². The summed E-state index contributed by atoms with van der Waals surface area (Å²) < 4.78 is 50.4. The first-order chi connectivity index (χ1) is 10.6. The largest absolute Gasteiger partial charge is 0.507 e. The molecule has 1 heterocycles. The quantitative estimate of drug-likeness (QED) is 0.812. The second-order valence-corrected chi connectivity index (χ2v) is 4.54. The molecule has 0 aliphatic rings. The maximum atomic E-state index is 13.4. The van der Waals surface area contributed by atoms with E-state index in [1.807, 2.05) is 0 Å².